The van der Waals surface area contributed by atoms with Crippen LogP contribution in [0.1, 0.15) is 12.8 Å². The highest BCUT2D eigenvalue weighted by atomic mass is 35.5. The van der Waals surface area contributed by atoms with Gasteiger partial charge in [-0.25, -0.2) is 26.8 Å². The van der Waals surface area contributed by atoms with Crippen molar-refractivity contribution in [3.63, 3.8) is 0 Å². The lowest BCUT2D eigenvalue weighted by Gasteiger charge is -2.24. The number of hydrogen-bond acceptors (Lipinski definition) is 4. The highest BCUT2D eigenvalue weighted by molar-refractivity contribution is 7.91. The number of urea groups is 1. The van der Waals surface area contributed by atoms with Gasteiger partial charge < -0.3 is 16.0 Å². The predicted molar refractivity (Wildman–Crippen MR) is 124 cm³/mol. The summed E-state index contributed by atoms with van der Waals surface area (Å²) < 4.78 is 55.0. The van der Waals surface area contributed by atoms with Crippen molar-refractivity contribution in [3.05, 3.63) is 59.5 Å². The molecule has 12 heteroatoms. The average Bonchev–Trinajstić information content (AvgIpc) is 3.35. The number of fused-ring (bicyclic) bond motifs is 1. The number of para-hydroxylation sites is 1. The number of rotatable bonds is 5. The Morgan fingerprint density at radius 3 is 2.65 bits per heavy atom. The molecule has 0 unspecified atom stereocenters. The Labute approximate surface area is 199 Å². The van der Waals surface area contributed by atoms with Gasteiger partial charge in [0.05, 0.1) is 28.5 Å². The maximum absolute atomic E-state index is 14.2. The Bertz CT molecular complexity index is 1380. The number of carbonyl (C=O) groups is 2. The molecule has 0 spiro atoms. The van der Waals surface area contributed by atoms with E-state index in [4.69, 9.17) is 17.3 Å². The molecule has 180 valence electrons. The van der Waals surface area contributed by atoms with Crippen LogP contribution in [0.4, 0.5) is 24.1 Å². The maximum atomic E-state index is 14.2. The lowest BCUT2D eigenvalue weighted by atomic mass is 10.1. The van der Waals surface area contributed by atoms with Gasteiger partial charge in [-0.2, -0.15) is 0 Å². The first-order valence-corrected chi connectivity index (χ1v) is 12.4. The van der Waals surface area contributed by atoms with Crippen LogP contribution in [-0.4, -0.2) is 54.5 Å². The number of nitrogens with one attached hydrogen (secondary N) is 1. The molecular weight excluding hydrogens is 490 g/mol. The van der Waals surface area contributed by atoms with E-state index < -0.39 is 50.6 Å². The molecule has 1 fully saturated rings. The van der Waals surface area contributed by atoms with Crippen LogP contribution in [0.3, 0.4) is 0 Å². The molecule has 0 aliphatic carbocycles. The van der Waals surface area contributed by atoms with Crippen molar-refractivity contribution in [3.8, 4) is 0 Å². The molecule has 34 heavy (non-hydrogen) atoms. The summed E-state index contributed by atoms with van der Waals surface area (Å²) in [6.45, 7) is -0.226. The zero-order chi connectivity index (χ0) is 24.6. The summed E-state index contributed by atoms with van der Waals surface area (Å²) in [6.07, 6.45) is -0.113. The Morgan fingerprint density at radius 1 is 1.18 bits per heavy atom. The van der Waals surface area contributed by atoms with Gasteiger partial charge in [0.25, 0.3) is 0 Å². The second kappa shape index (κ2) is 9.22. The fraction of sp³-hybridized carbons (Fsp3) is 0.273. The van der Waals surface area contributed by atoms with E-state index >= 15 is 0 Å². The van der Waals surface area contributed by atoms with E-state index in [1.54, 1.807) is 24.3 Å². The molecule has 4 rings (SSSR count). The number of aromatic nitrogens is 1. The number of alkyl halides is 1. The third-order valence-electron chi connectivity index (χ3n) is 5.79. The van der Waals surface area contributed by atoms with E-state index in [2.05, 4.69) is 5.32 Å². The SMILES string of the molecule is NC(=O)n1cc(NC(=O)N2C[C@H](F)C[C@H]2CCS(=O)(=O)c2cccc(Cl)c2F)c2ccccc21. The molecule has 0 bridgehead atoms. The number of primary amides is 1. The van der Waals surface area contributed by atoms with Crippen molar-refractivity contribution in [2.24, 2.45) is 5.73 Å². The zero-order valence-electron chi connectivity index (χ0n) is 17.7. The summed E-state index contributed by atoms with van der Waals surface area (Å²) in [5, 5.41) is 2.90. The summed E-state index contributed by atoms with van der Waals surface area (Å²) in [7, 11) is -4.06. The van der Waals surface area contributed by atoms with Gasteiger partial charge in [0.1, 0.15) is 11.1 Å². The van der Waals surface area contributed by atoms with Crippen LogP contribution in [0, 0.1) is 5.82 Å². The Balaban J connectivity index is 1.52. The highest BCUT2D eigenvalue weighted by Crippen LogP contribution is 2.30. The molecule has 3 aromatic rings. The predicted octanol–water partition coefficient (Wildman–Crippen LogP) is 4.17. The summed E-state index contributed by atoms with van der Waals surface area (Å²) in [4.78, 5) is 25.4. The molecule has 2 aromatic carbocycles. The van der Waals surface area contributed by atoms with Crippen molar-refractivity contribution < 1.29 is 26.8 Å². The molecule has 1 saturated heterocycles. The van der Waals surface area contributed by atoms with Crippen LogP contribution in [0.2, 0.25) is 5.02 Å². The standard InChI is InChI=1S/C22H21ClF2N4O4S/c23-16-5-3-7-19(20(16)25)34(32,33)9-8-14-10-13(24)11-28(14)22(31)27-17-12-29(21(26)30)18-6-2-1-4-15(17)18/h1-7,12-14H,8-11H2,(H2,26,30)(H,27,31)/t13-,14-/m1/s1. The molecule has 1 aromatic heterocycles. The van der Waals surface area contributed by atoms with Gasteiger partial charge in [0.15, 0.2) is 15.7 Å². The van der Waals surface area contributed by atoms with Crippen molar-refractivity contribution in [1.82, 2.24) is 9.47 Å². The third kappa shape index (κ3) is 4.58. The quantitative estimate of drug-likeness (QED) is 0.536. The number of nitrogens with two attached hydrogens (primary N) is 1. The Kier molecular flexibility index (Phi) is 6.50. The lowest BCUT2D eigenvalue weighted by molar-refractivity contribution is 0.203. The minimum Gasteiger partial charge on any atom is -0.351 e. The lowest BCUT2D eigenvalue weighted by Crippen LogP contribution is -2.39. The van der Waals surface area contributed by atoms with E-state index in [9.17, 15) is 26.8 Å². The first-order valence-electron chi connectivity index (χ1n) is 10.4. The normalized spacial score (nSPS) is 18.4. The van der Waals surface area contributed by atoms with E-state index in [1.807, 2.05) is 0 Å². The summed E-state index contributed by atoms with van der Waals surface area (Å²) in [5.41, 5.74) is 6.18. The average molecular weight is 511 g/mol. The van der Waals surface area contributed by atoms with Crippen molar-refractivity contribution >= 4 is 50.1 Å². The first kappa shape index (κ1) is 24.0. The van der Waals surface area contributed by atoms with E-state index in [1.165, 1.54) is 27.8 Å². The monoisotopic (exact) mass is 510 g/mol. The van der Waals surface area contributed by atoms with Crippen LogP contribution < -0.4 is 11.1 Å². The minimum absolute atomic E-state index is 0.0516. The molecule has 2 atom stereocenters. The largest absolute Gasteiger partial charge is 0.351 e. The fourth-order valence-corrected chi connectivity index (χ4v) is 5.86. The van der Waals surface area contributed by atoms with Crippen LogP contribution in [0.25, 0.3) is 10.9 Å². The second-order valence-corrected chi connectivity index (χ2v) is 10.5. The zero-order valence-corrected chi connectivity index (χ0v) is 19.3. The highest BCUT2D eigenvalue weighted by Gasteiger charge is 2.37. The topological polar surface area (TPSA) is 114 Å². The molecule has 3 amide bonds. The van der Waals surface area contributed by atoms with Crippen LogP contribution >= 0.6 is 11.6 Å². The number of benzene rings is 2. The molecule has 3 N–H and O–H groups in total. The minimum atomic E-state index is -4.06. The molecule has 8 nitrogen and oxygen atoms in total. The van der Waals surface area contributed by atoms with E-state index in [0.29, 0.717) is 16.6 Å². The molecule has 0 radical (unpaired) electrons. The van der Waals surface area contributed by atoms with E-state index in [-0.39, 0.29) is 24.4 Å². The second-order valence-electron chi connectivity index (χ2n) is 8.00. The van der Waals surface area contributed by atoms with E-state index in [0.717, 1.165) is 6.07 Å². The number of amides is 3. The summed E-state index contributed by atoms with van der Waals surface area (Å²) >= 11 is 5.69. The van der Waals surface area contributed by atoms with Gasteiger partial charge in [-0.15, -0.1) is 0 Å². The summed E-state index contributed by atoms with van der Waals surface area (Å²) in [6, 6.07) is 8.35. The maximum Gasteiger partial charge on any atom is 0.323 e. The number of halogens is 3. The van der Waals surface area contributed by atoms with Gasteiger partial charge in [-0.05, 0) is 24.6 Å². The van der Waals surface area contributed by atoms with Gasteiger partial charge in [0.2, 0.25) is 0 Å². The van der Waals surface area contributed by atoms with Gasteiger partial charge in [0, 0.05) is 24.0 Å². The van der Waals surface area contributed by atoms with Crippen LogP contribution in [-0.2, 0) is 9.84 Å². The number of anilines is 1. The smallest absolute Gasteiger partial charge is 0.323 e. The molecule has 1 aliphatic heterocycles. The number of sulfone groups is 1. The molecular formula is C22H21ClF2N4O4S. The number of likely N-dealkylation sites (tertiary alicyclic amines) is 1. The van der Waals surface area contributed by atoms with Gasteiger partial charge in [-0.1, -0.05) is 35.9 Å². The first-order chi connectivity index (χ1) is 16.1. The van der Waals surface area contributed by atoms with Crippen LogP contribution in [0.5, 0.6) is 0 Å². The molecule has 1 aliphatic rings. The van der Waals surface area contributed by atoms with Crippen molar-refractivity contribution in [2.75, 3.05) is 17.6 Å². The number of carbonyl (C=O) groups excluding carboxylic acids is 2. The molecule has 0 saturated carbocycles. The Morgan fingerprint density at radius 2 is 1.91 bits per heavy atom. The van der Waals surface area contributed by atoms with Gasteiger partial charge >= 0.3 is 12.1 Å². The van der Waals surface area contributed by atoms with Crippen molar-refractivity contribution in [2.45, 2.75) is 30.0 Å². The van der Waals surface area contributed by atoms with Crippen LogP contribution in [0.15, 0.2) is 53.6 Å². The third-order valence-corrected chi connectivity index (χ3v) is 7.84. The fourth-order valence-electron chi connectivity index (χ4n) is 4.16. The van der Waals surface area contributed by atoms with Crippen molar-refractivity contribution in [1.29, 1.82) is 0 Å². The van der Waals surface area contributed by atoms with Gasteiger partial charge in [-0.3, -0.25) is 4.57 Å². The summed E-state index contributed by atoms with van der Waals surface area (Å²) in [5.74, 6) is -1.54. The number of hydrogen-bond donors (Lipinski definition) is 2. The molecule has 2 heterocycles. The Hall–Kier alpha value is -3.18. The number of nitrogens with zero attached hydrogens (tertiary/aromatic N) is 2.